The summed E-state index contributed by atoms with van der Waals surface area (Å²) >= 11 is 3.46. The standard InChI is InChI=1S/C12H15BrO3/c1-7(2)10-8(6-14)5-9(15-3)12(16-4)11(10)13/h5-7H,1-4H3. The molecule has 0 radical (unpaired) electrons. The molecule has 0 saturated carbocycles. The van der Waals surface area contributed by atoms with Crippen molar-refractivity contribution in [3.8, 4) is 11.5 Å². The highest BCUT2D eigenvalue weighted by Gasteiger charge is 2.19. The predicted octanol–water partition coefficient (Wildman–Crippen LogP) is 3.40. The summed E-state index contributed by atoms with van der Waals surface area (Å²) in [6.07, 6.45) is 0.835. The van der Waals surface area contributed by atoms with E-state index in [1.807, 2.05) is 13.8 Å². The number of ether oxygens (including phenoxy) is 2. The van der Waals surface area contributed by atoms with E-state index in [0.29, 0.717) is 17.1 Å². The van der Waals surface area contributed by atoms with Crippen molar-refractivity contribution in [2.45, 2.75) is 19.8 Å². The van der Waals surface area contributed by atoms with Crippen LogP contribution in [0.25, 0.3) is 0 Å². The number of rotatable bonds is 4. The van der Waals surface area contributed by atoms with Crippen molar-refractivity contribution in [3.63, 3.8) is 0 Å². The average Bonchev–Trinajstić information content (AvgIpc) is 2.26. The summed E-state index contributed by atoms with van der Waals surface area (Å²) in [6.45, 7) is 4.05. The van der Waals surface area contributed by atoms with E-state index in [1.54, 1.807) is 20.3 Å². The zero-order chi connectivity index (χ0) is 12.3. The fraction of sp³-hybridized carbons (Fsp3) is 0.417. The van der Waals surface area contributed by atoms with Crippen LogP contribution in [0, 0.1) is 0 Å². The van der Waals surface area contributed by atoms with Crippen molar-refractivity contribution >= 4 is 22.2 Å². The van der Waals surface area contributed by atoms with Crippen LogP contribution in [0.15, 0.2) is 10.5 Å². The molecular weight excluding hydrogens is 272 g/mol. The number of halogens is 1. The van der Waals surface area contributed by atoms with Gasteiger partial charge in [0.2, 0.25) is 0 Å². The molecule has 1 rings (SSSR count). The lowest BCUT2D eigenvalue weighted by atomic mass is 9.97. The van der Waals surface area contributed by atoms with Crippen LogP contribution in [0.5, 0.6) is 11.5 Å². The van der Waals surface area contributed by atoms with Crippen molar-refractivity contribution < 1.29 is 14.3 Å². The Kier molecular flexibility index (Phi) is 4.35. The van der Waals surface area contributed by atoms with Gasteiger partial charge in [-0.1, -0.05) is 13.8 Å². The molecule has 0 N–H and O–H groups in total. The fourth-order valence-electron chi connectivity index (χ4n) is 1.67. The number of aldehydes is 1. The van der Waals surface area contributed by atoms with Crippen LogP contribution in [0.4, 0.5) is 0 Å². The van der Waals surface area contributed by atoms with Crippen LogP contribution in [0.1, 0.15) is 35.7 Å². The van der Waals surface area contributed by atoms with Gasteiger partial charge in [-0.05, 0) is 33.5 Å². The number of methoxy groups -OCH3 is 2. The summed E-state index contributed by atoms with van der Waals surface area (Å²) in [5.74, 6) is 1.41. The Morgan fingerprint density at radius 3 is 2.31 bits per heavy atom. The monoisotopic (exact) mass is 286 g/mol. The molecule has 0 aliphatic heterocycles. The number of hydrogen-bond donors (Lipinski definition) is 0. The SMILES string of the molecule is COc1cc(C=O)c(C(C)C)c(Br)c1OC. The van der Waals surface area contributed by atoms with Crippen molar-refractivity contribution in [1.82, 2.24) is 0 Å². The predicted molar refractivity (Wildman–Crippen MR) is 66.7 cm³/mol. The third-order valence-electron chi connectivity index (χ3n) is 2.39. The Morgan fingerprint density at radius 2 is 1.94 bits per heavy atom. The first-order chi connectivity index (χ1) is 7.56. The molecule has 0 aliphatic carbocycles. The summed E-state index contributed by atoms with van der Waals surface area (Å²) in [5, 5.41) is 0. The van der Waals surface area contributed by atoms with Crippen LogP contribution < -0.4 is 9.47 Å². The summed E-state index contributed by atoms with van der Waals surface area (Å²) < 4.78 is 11.2. The van der Waals surface area contributed by atoms with Crippen LogP contribution in [-0.2, 0) is 0 Å². The summed E-state index contributed by atoms with van der Waals surface area (Å²) in [6, 6.07) is 1.70. The van der Waals surface area contributed by atoms with Crippen LogP contribution in [0.3, 0.4) is 0 Å². The van der Waals surface area contributed by atoms with E-state index in [2.05, 4.69) is 15.9 Å². The van der Waals surface area contributed by atoms with Gasteiger partial charge in [-0.2, -0.15) is 0 Å². The van der Waals surface area contributed by atoms with Gasteiger partial charge >= 0.3 is 0 Å². The minimum absolute atomic E-state index is 0.231. The number of benzene rings is 1. The van der Waals surface area contributed by atoms with Gasteiger partial charge in [0.15, 0.2) is 17.8 Å². The van der Waals surface area contributed by atoms with Crippen molar-refractivity contribution in [3.05, 3.63) is 21.7 Å². The molecule has 0 atom stereocenters. The zero-order valence-electron chi connectivity index (χ0n) is 9.83. The summed E-state index contributed by atoms with van der Waals surface area (Å²) in [4.78, 5) is 11.0. The second kappa shape index (κ2) is 5.34. The van der Waals surface area contributed by atoms with E-state index in [1.165, 1.54) is 0 Å². The van der Waals surface area contributed by atoms with Crippen molar-refractivity contribution in [2.24, 2.45) is 0 Å². The van der Waals surface area contributed by atoms with Gasteiger partial charge < -0.3 is 9.47 Å². The number of hydrogen-bond acceptors (Lipinski definition) is 3. The molecule has 0 unspecified atom stereocenters. The maximum atomic E-state index is 11.0. The molecular formula is C12H15BrO3. The molecule has 16 heavy (non-hydrogen) atoms. The Labute approximate surface area is 104 Å². The molecule has 0 aromatic heterocycles. The quantitative estimate of drug-likeness (QED) is 0.796. The first-order valence-corrected chi connectivity index (χ1v) is 5.75. The molecule has 0 aliphatic rings. The molecule has 0 heterocycles. The van der Waals surface area contributed by atoms with Gasteiger partial charge in [0.05, 0.1) is 18.7 Å². The van der Waals surface area contributed by atoms with E-state index in [9.17, 15) is 4.79 Å². The van der Waals surface area contributed by atoms with E-state index >= 15 is 0 Å². The minimum atomic E-state index is 0.231. The summed E-state index contributed by atoms with van der Waals surface area (Å²) in [7, 11) is 3.13. The Hall–Kier alpha value is -1.03. The van der Waals surface area contributed by atoms with Gasteiger partial charge in [-0.25, -0.2) is 0 Å². The maximum Gasteiger partial charge on any atom is 0.175 e. The topological polar surface area (TPSA) is 35.5 Å². The minimum Gasteiger partial charge on any atom is -0.493 e. The molecule has 0 amide bonds. The van der Waals surface area contributed by atoms with E-state index in [0.717, 1.165) is 16.3 Å². The largest absolute Gasteiger partial charge is 0.493 e. The van der Waals surface area contributed by atoms with E-state index in [4.69, 9.17) is 9.47 Å². The lowest BCUT2D eigenvalue weighted by Gasteiger charge is -2.17. The molecule has 4 heteroatoms. The van der Waals surface area contributed by atoms with Crippen LogP contribution in [0.2, 0.25) is 0 Å². The second-order valence-corrected chi connectivity index (χ2v) is 4.49. The molecule has 3 nitrogen and oxygen atoms in total. The Bertz CT molecular complexity index is 400. The van der Waals surface area contributed by atoms with Gasteiger partial charge in [0.1, 0.15) is 0 Å². The van der Waals surface area contributed by atoms with Gasteiger partial charge in [0, 0.05) is 5.56 Å². The highest BCUT2D eigenvalue weighted by Crippen LogP contribution is 2.42. The number of carbonyl (C=O) groups excluding carboxylic acids is 1. The fourth-order valence-corrected chi connectivity index (χ4v) is 2.71. The third-order valence-corrected chi connectivity index (χ3v) is 3.17. The number of carbonyl (C=O) groups is 1. The second-order valence-electron chi connectivity index (χ2n) is 3.70. The molecule has 1 aromatic carbocycles. The molecule has 0 spiro atoms. The normalized spacial score (nSPS) is 10.4. The third kappa shape index (κ3) is 2.21. The van der Waals surface area contributed by atoms with E-state index in [-0.39, 0.29) is 5.92 Å². The Morgan fingerprint density at radius 1 is 1.31 bits per heavy atom. The maximum absolute atomic E-state index is 11.0. The van der Waals surface area contributed by atoms with Crippen molar-refractivity contribution in [2.75, 3.05) is 14.2 Å². The molecule has 0 saturated heterocycles. The van der Waals surface area contributed by atoms with Gasteiger partial charge in [-0.15, -0.1) is 0 Å². The van der Waals surface area contributed by atoms with Crippen molar-refractivity contribution in [1.29, 1.82) is 0 Å². The first-order valence-electron chi connectivity index (χ1n) is 4.96. The van der Waals surface area contributed by atoms with E-state index < -0.39 is 0 Å². The molecule has 0 fully saturated rings. The van der Waals surface area contributed by atoms with Crippen LogP contribution >= 0.6 is 15.9 Å². The zero-order valence-corrected chi connectivity index (χ0v) is 11.4. The van der Waals surface area contributed by atoms with Gasteiger partial charge in [-0.3, -0.25) is 4.79 Å². The molecule has 88 valence electrons. The first kappa shape index (κ1) is 13.0. The van der Waals surface area contributed by atoms with Gasteiger partial charge in [0.25, 0.3) is 0 Å². The lowest BCUT2D eigenvalue weighted by molar-refractivity contribution is 0.112. The summed E-state index contributed by atoms with van der Waals surface area (Å²) in [5.41, 5.74) is 1.56. The molecule has 1 aromatic rings. The lowest BCUT2D eigenvalue weighted by Crippen LogP contribution is -2.01. The van der Waals surface area contributed by atoms with Crippen LogP contribution in [-0.4, -0.2) is 20.5 Å². The smallest absolute Gasteiger partial charge is 0.175 e. The molecule has 0 bridgehead atoms. The highest BCUT2D eigenvalue weighted by molar-refractivity contribution is 9.10. The average molecular weight is 287 g/mol. The highest BCUT2D eigenvalue weighted by atomic mass is 79.9. The Balaban J connectivity index is 3.54.